The van der Waals surface area contributed by atoms with E-state index < -0.39 is 0 Å². The third kappa shape index (κ3) is 5.34. The van der Waals surface area contributed by atoms with E-state index in [4.69, 9.17) is 4.74 Å². The molecule has 0 aliphatic heterocycles. The number of benzene rings is 1. The number of ether oxygens (including phenoxy) is 1. The molecule has 0 spiro atoms. The number of hydrogen-bond donors (Lipinski definition) is 0. The van der Waals surface area contributed by atoms with E-state index in [1.807, 2.05) is 71.3 Å². The molecule has 3 aromatic heterocycles. The summed E-state index contributed by atoms with van der Waals surface area (Å²) >= 11 is 0. The average Bonchev–Trinajstić information content (AvgIpc) is 3.33. The van der Waals surface area contributed by atoms with Crippen LogP contribution in [-0.2, 0) is 13.1 Å². The fourth-order valence-electron chi connectivity index (χ4n) is 4.26. The van der Waals surface area contributed by atoms with Gasteiger partial charge in [0.25, 0.3) is 5.91 Å². The van der Waals surface area contributed by atoms with Gasteiger partial charge in [-0.15, -0.1) is 0 Å². The second kappa shape index (κ2) is 10.3. The molecule has 1 aliphatic rings. The fraction of sp³-hybridized carbons (Fsp3) is 0.250. The van der Waals surface area contributed by atoms with Crippen molar-refractivity contribution in [3.8, 4) is 5.75 Å². The van der Waals surface area contributed by atoms with Crippen molar-refractivity contribution in [2.75, 3.05) is 6.61 Å². The molecule has 0 saturated heterocycles. The van der Waals surface area contributed by atoms with Gasteiger partial charge in [0.2, 0.25) is 0 Å². The summed E-state index contributed by atoms with van der Waals surface area (Å²) in [6.07, 6.45) is 13.3. The second-order valence-electron chi connectivity index (χ2n) is 8.68. The molecule has 1 aliphatic carbocycles. The summed E-state index contributed by atoms with van der Waals surface area (Å²) in [6, 6.07) is 19.5. The van der Waals surface area contributed by atoms with Gasteiger partial charge in [-0.2, -0.15) is 0 Å². The molecule has 6 heteroatoms. The number of allylic oxidation sites excluding steroid dienone is 2. The van der Waals surface area contributed by atoms with E-state index in [2.05, 4.69) is 22.1 Å². The standard InChI is InChI=1S/C28H28N4O2/c33-28(26-20-31-16-7-5-14-27(31)30-26)32(19-24-12-4-6-15-29-24)18-23-11-8-13-25(17-23)34-21-22-9-2-1-3-10-22/h1-2,4-8,11-17,20,22H,3,9-10,18-19,21H2. The van der Waals surface area contributed by atoms with Gasteiger partial charge >= 0.3 is 0 Å². The van der Waals surface area contributed by atoms with Crippen molar-refractivity contribution in [3.05, 3.63) is 108 Å². The number of carbonyl (C=O) groups excluding carboxylic acids is 1. The topological polar surface area (TPSA) is 59.7 Å². The molecule has 1 amide bonds. The smallest absolute Gasteiger partial charge is 0.274 e. The average molecular weight is 453 g/mol. The molecule has 1 unspecified atom stereocenters. The zero-order valence-electron chi connectivity index (χ0n) is 19.1. The maximum Gasteiger partial charge on any atom is 0.274 e. The van der Waals surface area contributed by atoms with Gasteiger partial charge in [-0.1, -0.05) is 36.4 Å². The lowest BCUT2D eigenvalue weighted by molar-refractivity contribution is 0.0722. The highest BCUT2D eigenvalue weighted by molar-refractivity contribution is 5.92. The van der Waals surface area contributed by atoms with Gasteiger partial charge in [-0.05, 0) is 67.1 Å². The van der Waals surface area contributed by atoms with E-state index in [9.17, 15) is 4.79 Å². The van der Waals surface area contributed by atoms with Crippen LogP contribution in [0.4, 0.5) is 0 Å². The highest BCUT2D eigenvalue weighted by Crippen LogP contribution is 2.22. The Morgan fingerprint density at radius 3 is 2.82 bits per heavy atom. The summed E-state index contributed by atoms with van der Waals surface area (Å²) in [6.45, 7) is 1.55. The molecule has 3 heterocycles. The Bertz CT molecular complexity index is 1250. The van der Waals surface area contributed by atoms with Crippen LogP contribution in [0.3, 0.4) is 0 Å². The minimum atomic E-state index is -0.130. The summed E-state index contributed by atoms with van der Waals surface area (Å²) in [7, 11) is 0. The number of fused-ring (bicyclic) bond motifs is 1. The normalized spacial score (nSPS) is 15.4. The quantitative estimate of drug-likeness (QED) is 0.340. The van der Waals surface area contributed by atoms with Gasteiger partial charge in [-0.3, -0.25) is 9.78 Å². The Balaban J connectivity index is 1.35. The minimum Gasteiger partial charge on any atom is -0.493 e. The number of pyridine rings is 2. The summed E-state index contributed by atoms with van der Waals surface area (Å²) in [5.41, 5.74) is 3.00. The highest BCUT2D eigenvalue weighted by atomic mass is 16.5. The molecule has 0 saturated carbocycles. The van der Waals surface area contributed by atoms with Crippen LogP contribution in [-0.4, -0.2) is 31.8 Å². The lowest BCUT2D eigenvalue weighted by Crippen LogP contribution is -2.30. The second-order valence-corrected chi connectivity index (χ2v) is 8.68. The first-order valence-corrected chi connectivity index (χ1v) is 11.7. The van der Waals surface area contributed by atoms with Crippen LogP contribution in [0.2, 0.25) is 0 Å². The summed E-state index contributed by atoms with van der Waals surface area (Å²) in [5, 5.41) is 0. The molecule has 0 radical (unpaired) electrons. The number of carbonyl (C=O) groups is 1. The Labute approximate surface area is 199 Å². The number of amides is 1. The molecule has 0 N–H and O–H groups in total. The molecule has 5 rings (SSSR count). The highest BCUT2D eigenvalue weighted by Gasteiger charge is 2.20. The molecule has 172 valence electrons. The molecule has 1 aromatic carbocycles. The maximum atomic E-state index is 13.5. The molecule has 1 atom stereocenters. The van der Waals surface area contributed by atoms with E-state index >= 15 is 0 Å². The van der Waals surface area contributed by atoms with E-state index in [-0.39, 0.29) is 5.91 Å². The zero-order chi connectivity index (χ0) is 23.2. The van der Waals surface area contributed by atoms with Crippen molar-refractivity contribution >= 4 is 11.6 Å². The van der Waals surface area contributed by atoms with Crippen LogP contribution in [0.15, 0.2) is 91.4 Å². The molecule has 4 aromatic rings. The molecule has 34 heavy (non-hydrogen) atoms. The van der Waals surface area contributed by atoms with Crippen molar-refractivity contribution in [2.24, 2.45) is 5.92 Å². The van der Waals surface area contributed by atoms with Crippen molar-refractivity contribution in [1.82, 2.24) is 19.3 Å². The Kier molecular flexibility index (Phi) is 6.66. The monoisotopic (exact) mass is 452 g/mol. The Morgan fingerprint density at radius 1 is 1.06 bits per heavy atom. The predicted molar refractivity (Wildman–Crippen MR) is 131 cm³/mol. The number of aromatic nitrogens is 3. The zero-order valence-corrected chi connectivity index (χ0v) is 19.1. The van der Waals surface area contributed by atoms with E-state index in [0.29, 0.717) is 31.3 Å². The SMILES string of the molecule is O=C(c1cn2ccccc2n1)N(Cc1cccc(OCC2CC=CCC2)c1)Cc1ccccn1. The van der Waals surface area contributed by atoms with Crippen molar-refractivity contribution in [2.45, 2.75) is 32.4 Å². The van der Waals surface area contributed by atoms with Crippen LogP contribution in [0.25, 0.3) is 5.65 Å². The molecule has 0 fully saturated rings. The third-order valence-electron chi connectivity index (χ3n) is 6.08. The van der Waals surface area contributed by atoms with E-state index in [0.717, 1.165) is 35.5 Å². The van der Waals surface area contributed by atoms with Crippen LogP contribution < -0.4 is 4.74 Å². The van der Waals surface area contributed by atoms with Crippen molar-refractivity contribution in [1.29, 1.82) is 0 Å². The Hall–Kier alpha value is -3.93. The molecule has 0 bridgehead atoms. The van der Waals surface area contributed by atoms with Crippen LogP contribution >= 0.6 is 0 Å². The first kappa shape index (κ1) is 21.9. The van der Waals surface area contributed by atoms with Gasteiger partial charge in [-0.25, -0.2) is 4.98 Å². The number of hydrogen-bond acceptors (Lipinski definition) is 4. The maximum absolute atomic E-state index is 13.5. The number of rotatable bonds is 8. The Morgan fingerprint density at radius 2 is 2.00 bits per heavy atom. The number of imidazole rings is 1. The summed E-state index contributed by atoms with van der Waals surface area (Å²) in [4.78, 5) is 24.3. The van der Waals surface area contributed by atoms with Crippen LogP contribution in [0.1, 0.15) is 41.0 Å². The summed E-state index contributed by atoms with van der Waals surface area (Å²) in [5.74, 6) is 1.27. The molecular formula is C28H28N4O2. The van der Waals surface area contributed by atoms with Crippen molar-refractivity contribution < 1.29 is 9.53 Å². The fourth-order valence-corrected chi connectivity index (χ4v) is 4.26. The third-order valence-corrected chi connectivity index (χ3v) is 6.08. The number of nitrogens with zero attached hydrogens (tertiary/aromatic N) is 4. The lowest BCUT2D eigenvalue weighted by atomic mass is 9.95. The molecular weight excluding hydrogens is 424 g/mol. The lowest BCUT2D eigenvalue weighted by Gasteiger charge is -2.22. The van der Waals surface area contributed by atoms with E-state index in [1.54, 1.807) is 17.3 Å². The van der Waals surface area contributed by atoms with Gasteiger partial charge in [0.05, 0.1) is 18.8 Å². The first-order chi connectivity index (χ1) is 16.7. The van der Waals surface area contributed by atoms with Gasteiger partial charge in [0.1, 0.15) is 17.1 Å². The minimum absolute atomic E-state index is 0.130. The predicted octanol–water partition coefficient (Wildman–Crippen LogP) is 5.31. The summed E-state index contributed by atoms with van der Waals surface area (Å²) < 4.78 is 7.97. The van der Waals surface area contributed by atoms with Crippen LogP contribution in [0, 0.1) is 5.92 Å². The molecule has 6 nitrogen and oxygen atoms in total. The van der Waals surface area contributed by atoms with Gasteiger partial charge < -0.3 is 14.0 Å². The van der Waals surface area contributed by atoms with Gasteiger partial charge in [0, 0.05) is 25.1 Å². The van der Waals surface area contributed by atoms with Gasteiger partial charge in [0.15, 0.2) is 0 Å². The van der Waals surface area contributed by atoms with Crippen molar-refractivity contribution in [3.63, 3.8) is 0 Å². The van der Waals surface area contributed by atoms with E-state index in [1.165, 1.54) is 6.42 Å². The first-order valence-electron chi connectivity index (χ1n) is 11.7. The van der Waals surface area contributed by atoms with Crippen LogP contribution in [0.5, 0.6) is 5.75 Å². The largest absolute Gasteiger partial charge is 0.493 e.